The van der Waals surface area contributed by atoms with Gasteiger partial charge in [-0.2, -0.15) is 13.2 Å². The predicted molar refractivity (Wildman–Crippen MR) is 126 cm³/mol. The minimum absolute atomic E-state index is 0.117. The van der Waals surface area contributed by atoms with Crippen LogP contribution in [0.3, 0.4) is 0 Å². The average Bonchev–Trinajstić information content (AvgIpc) is 3.51. The van der Waals surface area contributed by atoms with E-state index in [0.717, 1.165) is 5.39 Å². The van der Waals surface area contributed by atoms with Crippen LogP contribution in [0.4, 0.5) is 13.2 Å². The molecule has 0 bridgehead atoms. The number of ether oxygens (including phenoxy) is 1. The van der Waals surface area contributed by atoms with Crippen molar-refractivity contribution in [3.05, 3.63) is 60.0 Å². The summed E-state index contributed by atoms with van der Waals surface area (Å²) in [5.41, 5.74) is 2.02. The number of amides is 1. The number of carbonyl (C=O) groups excluding carboxylic acids is 3. The van der Waals surface area contributed by atoms with Crippen LogP contribution in [0.2, 0.25) is 0 Å². The second-order valence-corrected chi connectivity index (χ2v) is 8.15. The third-order valence-electron chi connectivity index (χ3n) is 5.50. The van der Waals surface area contributed by atoms with E-state index in [4.69, 9.17) is 4.74 Å². The van der Waals surface area contributed by atoms with Crippen LogP contribution in [0.15, 0.2) is 53.9 Å². The fourth-order valence-corrected chi connectivity index (χ4v) is 3.77. The van der Waals surface area contributed by atoms with Crippen LogP contribution >= 0.6 is 0 Å². The van der Waals surface area contributed by atoms with E-state index in [-0.39, 0.29) is 12.5 Å². The monoisotopic (exact) mass is 533 g/mol. The lowest BCUT2D eigenvalue weighted by atomic mass is 9.89. The maximum atomic E-state index is 12.3. The van der Waals surface area contributed by atoms with Gasteiger partial charge in [0.1, 0.15) is 12.3 Å². The molecule has 0 saturated carbocycles. The summed E-state index contributed by atoms with van der Waals surface area (Å²) in [7, 11) is 0. The molecule has 200 valence electrons. The maximum Gasteiger partial charge on any atom is 0.495 e. The van der Waals surface area contributed by atoms with Gasteiger partial charge >= 0.3 is 18.1 Å². The minimum atomic E-state index is -5.29. The van der Waals surface area contributed by atoms with Crippen LogP contribution in [0.1, 0.15) is 29.9 Å². The van der Waals surface area contributed by atoms with E-state index in [2.05, 4.69) is 35.4 Å². The zero-order chi connectivity index (χ0) is 27.1. The first kappa shape index (κ1) is 26.4. The van der Waals surface area contributed by atoms with Gasteiger partial charge in [0.2, 0.25) is 5.91 Å². The summed E-state index contributed by atoms with van der Waals surface area (Å²) >= 11 is 0. The third kappa shape index (κ3) is 6.78. The summed E-state index contributed by atoms with van der Waals surface area (Å²) in [6, 6.07) is 8.64. The van der Waals surface area contributed by atoms with Crippen LogP contribution in [0.5, 0.6) is 5.75 Å². The number of aromatic nitrogens is 2. The first-order valence-corrected chi connectivity index (χ1v) is 11.4. The Hall–Kier alpha value is -4.62. The fraction of sp³-hybridized carbons (Fsp3) is 0.292. The van der Waals surface area contributed by atoms with Crippen LogP contribution in [-0.2, 0) is 24.2 Å². The molecule has 3 aromatic rings. The molecule has 4 rings (SSSR count). The summed E-state index contributed by atoms with van der Waals surface area (Å²) in [6.07, 6.45) is -0.344. The summed E-state index contributed by atoms with van der Waals surface area (Å²) < 4.78 is 42.8. The number of aliphatic imine (C=N–C) groups is 1. The first-order valence-electron chi connectivity index (χ1n) is 11.4. The third-order valence-corrected chi connectivity index (χ3v) is 5.50. The Kier molecular flexibility index (Phi) is 8.09. The number of hydrogen-bond donors (Lipinski definition) is 3. The zero-order valence-corrected chi connectivity index (χ0v) is 19.7. The molecule has 3 N–H and O–H groups in total. The molecular weight excluding hydrogens is 511 g/mol. The molecule has 1 amide bonds. The van der Waals surface area contributed by atoms with Gasteiger partial charge < -0.3 is 15.0 Å². The number of hydrogen-bond acceptors (Lipinski definition) is 9. The number of benzene rings is 1. The number of rotatable bonds is 9. The molecule has 1 aliphatic heterocycles. The van der Waals surface area contributed by atoms with Gasteiger partial charge in [-0.3, -0.25) is 15.1 Å². The molecule has 0 saturated heterocycles. The second kappa shape index (κ2) is 11.6. The Balaban J connectivity index is 1.40. The van der Waals surface area contributed by atoms with Crippen molar-refractivity contribution >= 4 is 34.7 Å². The fourth-order valence-electron chi connectivity index (χ4n) is 3.77. The van der Waals surface area contributed by atoms with Gasteiger partial charge in [-0.25, -0.2) is 24.4 Å². The first-order chi connectivity index (χ1) is 18.2. The Bertz CT molecular complexity index is 1340. The lowest BCUT2D eigenvalue weighted by Crippen LogP contribution is -2.37. The quantitative estimate of drug-likeness (QED) is 0.216. The lowest BCUT2D eigenvalue weighted by Gasteiger charge is -2.16. The highest BCUT2D eigenvalue weighted by atomic mass is 19.4. The Morgan fingerprint density at radius 2 is 1.92 bits per heavy atom. The highest BCUT2D eigenvalue weighted by Gasteiger charge is 2.43. The average molecular weight is 533 g/mol. The number of nitrogens with one attached hydrogen (secondary N) is 3. The van der Waals surface area contributed by atoms with E-state index in [0.29, 0.717) is 47.9 Å². The highest BCUT2D eigenvalue weighted by Crippen LogP contribution is 2.35. The summed E-state index contributed by atoms with van der Waals surface area (Å²) in [5, 5.41) is 6.34. The van der Waals surface area contributed by atoms with Gasteiger partial charge in [0, 0.05) is 48.0 Å². The van der Waals surface area contributed by atoms with Crippen molar-refractivity contribution in [2.75, 3.05) is 19.7 Å². The summed E-state index contributed by atoms with van der Waals surface area (Å²) in [4.78, 5) is 53.1. The molecule has 11 nitrogen and oxygen atoms in total. The van der Waals surface area contributed by atoms with E-state index >= 15 is 0 Å². The van der Waals surface area contributed by atoms with Crippen LogP contribution in [0, 0.1) is 0 Å². The summed E-state index contributed by atoms with van der Waals surface area (Å²) in [5.74, 6) is -3.54. The molecule has 1 aliphatic rings. The number of guanidine groups is 1. The zero-order valence-electron chi connectivity index (χ0n) is 19.7. The van der Waals surface area contributed by atoms with Gasteiger partial charge in [0.25, 0.3) is 0 Å². The van der Waals surface area contributed by atoms with E-state index in [1.165, 1.54) is 12.4 Å². The van der Waals surface area contributed by atoms with Crippen LogP contribution in [0.25, 0.3) is 10.9 Å². The molecule has 1 unspecified atom stereocenters. The van der Waals surface area contributed by atoms with Gasteiger partial charge in [0.15, 0.2) is 5.96 Å². The maximum absolute atomic E-state index is 12.3. The number of pyridine rings is 1. The molecule has 1 atom stereocenters. The SMILES string of the molecule is O=C1CN=C(NCCCOc2ccc3c(C(CC(=O)OOC(=O)C(F)(F)F)c4ccncc4)c[nH]c3c2)N1. The molecule has 3 heterocycles. The number of fused-ring (bicyclic) bond motifs is 1. The normalized spacial score (nSPS) is 14.0. The van der Waals surface area contributed by atoms with Crippen molar-refractivity contribution in [3.63, 3.8) is 0 Å². The lowest BCUT2D eigenvalue weighted by molar-refractivity contribution is -0.285. The van der Waals surface area contributed by atoms with E-state index in [1.54, 1.807) is 36.5 Å². The standard InChI is InChI=1S/C24H22F3N5O6/c25-24(26,27)22(35)38-37-21(34)11-17(14-4-7-28-8-5-14)18-12-30-19-10-15(2-3-16(18)19)36-9-1-6-29-23-31-13-20(33)32-23/h2-5,7-8,10,12,17,30H,1,6,9,11,13H2,(H2,29,31,32,33). The predicted octanol–water partition coefficient (Wildman–Crippen LogP) is 2.49. The molecule has 0 fully saturated rings. The Labute approximate surface area is 213 Å². The number of nitrogens with zero attached hydrogens (tertiary/aromatic N) is 2. The van der Waals surface area contributed by atoms with E-state index in [9.17, 15) is 27.6 Å². The number of H-pyrrole nitrogens is 1. The van der Waals surface area contributed by atoms with Crippen molar-refractivity contribution in [2.45, 2.75) is 24.9 Å². The van der Waals surface area contributed by atoms with Crippen molar-refractivity contribution in [3.8, 4) is 5.75 Å². The molecule has 2 aromatic heterocycles. The van der Waals surface area contributed by atoms with Crippen LogP contribution < -0.4 is 15.4 Å². The van der Waals surface area contributed by atoms with Crippen LogP contribution in [-0.4, -0.2) is 59.6 Å². The summed E-state index contributed by atoms with van der Waals surface area (Å²) in [6.45, 7) is 1.07. The second-order valence-electron chi connectivity index (χ2n) is 8.15. The molecular formula is C24H22F3N5O6. The molecule has 0 spiro atoms. The van der Waals surface area contributed by atoms with E-state index < -0.39 is 30.5 Å². The van der Waals surface area contributed by atoms with Gasteiger partial charge in [0.05, 0.1) is 13.0 Å². The molecule has 0 radical (unpaired) electrons. The largest absolute Gasteiger partial charge is 0.495 e. The smallest absolute Gasteiger partial charge is 0.493 e. The minimum Gasteiger partial charge on any atom is -0.493 e. The Morgan fingerprint density at radius 1 is 1.13 bits per heavy atom. The number of halogens is 3. The van der Waals surface area contributed by atoms with Gasteiger partial charge in [-0.15, -0.1) is 0 Å². The van der Waals surface area contributed by atoms with Gasteiger partial charge in [-0.1, -0.05) is 0 Å². The highest BCUT2D eigenvalue weighted by molar-refractivity contribution is 6.02. The number of carbonyl (C=O) groups is 3. The molecule has 38 heavy (non-hydrogen) atoms. The number of aromatic amines is 1. The van der Waals surface area contributed by atoms with Gasteiger partial charge in [-0.05, 0) is 41.8 Å². The molecule has 1 aromatic carbocycles. The van der Waals surface area contributed by atoms with E-state index in [1.807, 2.05) is 0 Å². The van der Waals surface area contributed by atoms with Crippen molar-refractivity contribution in [1.82, 2.24) is 20.6 Å². The van der Waals surface area contributed by atoms with Crippen molar-refractivity contribution < 1.29 is 42.1 Å². The Morgan fingerprint density at radius 3 is 2.63 bits per heavy atom. The van der Waals surface area contributed by atoms with Crippen molar-refractivity contribution in [2.24, 2.45) is 4.99 Å². The van der Waals surface area contributed by atoms with Crippen molar-refractivity contribution in [1.29, 1.82) is 0 Å². The topological polar surface area (TPSA) is 144 Å². The molecule has 14 heteroatoms. The molecule has 0 aliphatic carbocycles. The number of alkyl halides is 3.